The third kappa shape index (κ3) is 3.21. The van der Waals surface area contributed by atoms with Gasteiger partial charge in [0.05, 0.1) is 11.4 Å². The molecule has 2 aliphatic heterocycles. The second-order valence-electron chi connectivity index (χ2n) is 9.30. The van der Waals surface area contributed by atoms with Crippen molar-refractivity contribution >= 4 is 5.65 Å². The number of rotatable bonds is 3. The summed E-state index contributed by atoms with van der Waals surface area (Å²) in [6, 6.07) is 6.40. The molecule has 0 bridgehead atoms. The largest absolute Gasteiger partial charge is 0.297 e. The first kappa shape index (κ1) is 17.8. The highest BCUT2D eigenvalue weighted by Gasteiger charge is 2.27. The summed E-state index contributed by atoms with van der Waals surface area (Å²) >= 11 is 0. The fourth-order valence-electron chi connectivity index (χ4n) is 4.44. The van der Waals surface area contributed by atoms with E-state index in [4.69, 9.17) is 10.2 Å². The quantitative estimate of drug-likeness (QED) is 0.700. The maximum atomic E-state index is 4.86. The van der Waals surface area contributed by atoms with E-state index in [-0.39, 0.29) is 5.41 Å². The highest BCUT2D eigenvalue weighted by molar-refractivity contribution is 5.37. The minimum atomic E-state index is 0.0178. The molecule has 3 aromatic rings. The minimum Gasteiger partial charge on any atom is -0.297 e. The second-order valence-corrected chi connectivity index (χ2v) is 9.30. The van der Waals surface area contributed by atoms with Gasteiger partial charge in [0.2, 0.25) is 0 Å². The molecular weight excluding hydrogens is 350 g/mol. The van der Waals surface area contributed by atoms with Crippen LogP contribution in [0, 0.1) is 0 Å². The summed E-state index contributed by atoms with van der Waals surface area (Å²) in [5, 5.41) is 18.5. The molecule has 1 fully saturated rings. The fourth-order valence-corrected chi connectivity index (χ4v) is 4.44. The summed E-state index contributed by atoms with van der Waals surface area (Å²) in [5.41, 5.74) is 4.56. The van der Waals surface area contributed by atoms with Crippen LogP contribution in [0.4, 0.5) is 0 Å². The number of nitrogens with zero attached hydrogens (tertiary/aromatic N) is 7. The lowest BCUT2D eigenvalue weighted by Gasteiger charge is -2.30. The molecular formula is C21H29N7. The van der Waals surface area contributed by atoms with Crippen LogP contribution in [0.2, 0.25) is 0 Å². The molecule has 5 rings (SSSR count). The van der Waals surface area contributed by atoms with Crippen molar-refractivity contribution in [3.63, 3.8) is 0 Å². The van der Waals surface area contributed by atoms with Gasteiger partial charge in [-0.3, -0.25) is 9.58 Å². The van der Waals surface area contributed by atoms with Gasteiger partial charge in [-0.15, -0.1) is 10.2 Å². The van der Waals surface area contributed by atoms with E-state index in [0.717, 1.165) is 56.2 Å². The second kappa shape index (κ2) is 6.65. The third-order valence-corrected chi connectivity index (χ3v) is 6.11. The Hall–Kier alpha value is -2.28. The van der Waals surface area contributed by atoms with E-state index in [1.54, 1.807) is 0 Å². The first-order valence-corrected chi connectivity index (χ1v) is 10.5. The Labute approximate surface area is 165 Å². The summed E-state index contributed by atoms with van der Waals surface area (Å²) < 4.78 is 4.16. The van der Waals surface area contributed by atoms with Crippen LogP contribution in [-0.4, -0.2) is 47.6 Å². The van der Waals surface area contributed by atoms with Gasteiger partial charge in [0.1, 0.15) is 0 Å². The topological polar surface area (TPSA) is 64.1 Å². The first-order chi connectivity index (χ1) is 13.5. The normalized spacial score (nSPS) is 18.8. The van der Waals surface area contributed by atoms with Gasteiger partial charge in [0.25, 0.3) is 0 Å². The zero-order valence-corrected chi connectivity index (χ0v) is 17.1. The van der Waals surface area contributed by atoms with Crippen molar-refractivity contribution in [3.05, 3.63) is 41.1 Å². The Morgan fingerprint density at radius 1 is 1.04 bits per heavy atom. The van der Waals surface area contributed by atoms with Crippen molar-refractivity contribution in [1.29, 1.82) is 0 Å². The van der Waals surface area contributed by atoms with Crippen molar-refractivity contribution in [2.75, 3.05) is 13.1 Å². The smallest absolute Gasteiger partial charge is 0.177 e. The SMILES string of the molecule is CC(C)(C)c1ccc2nnc(C3CCN(Cc4cc5n(n4)CCC5)CC3)n2n1. The summed E-state index contributed by atoms with van der Waals surface area (Å²) in [7, 11) is 0. The Balaban J connectivity index is 1.28. The molecule has 148 valence electrons. The highest BCUT2D eigenvalue weighted by atomic mass is 15.4. The Kier molecular flexibility index (Phi) is 4.23. The van der Waals surface area contributed by atoms with Gasteiger partial charge in [0.15, 0.2) is 11.5 Å². The minimum absolute atomic E-state index is 0.0178. The number of piperidine rings is 1. The monoisotopic (exact) mass is 379 g/mol. The summed E-state index contributed by atoms with van der Waals surface area (Å²) in [6.07, 6.45) is 4.61. The van der Waals surface area contributed by atoms with E-state index in [0.29, 0.717) is 5.92 Å². The molecule has 0 saturated carbocycles. The molecule has 0 amide bonds. The molecule has 3 aromatic heterocycles. The van der Waals surface area contributed by atoms with E-state index >= 15 is 0 Å². The molecule has 5 heterocycles. The first-order valence-electron chi connectivity index (χ1n) is 10.5. The lowest BCUT2D eigenvalue weighted by molar-refractivity contribution is 0.198. The van der Waals surface area contributed by atoms with E-state index in [9.17, 15) is 0 Å². The standard InChI is InChI=1S/C21H29N7/c1-21(2,3)18-6-7-19-22-23-20(28(19)25-18)15-8-11-26(12-9-15)14-16-13-17-5-4-10-27(17)24-16/h6-7,13,15H,4-5,8-12,14H2,1-3H3. The van der Waals surface area contributed by atoms with E-state index in [1.807, 2.05) is 10.6 Å². The van der Waals surface area contributed by atoms with Gasteiger partial charge in [-0.2, -0.15) is 14.7 Å². The number of aromatic nitrogens is 6. The molecule has 0 radical (unpaired) electrons. The molecule has 28 heavy (non-hydrogen) atoms. The van der Waals surface area contributed by atoms with Crippen LogP contribution >= 0.6 is 0 Å². The summed E-state index contributed by atoms with van der Waals surface area (Å²) in [6.45, 7) is 10.8. The van der Waals surface area contributed by atoms with Gasteiger partial charge in [-0.05, 0) is 57.0 Å². The summed E-state index contributed by atoms with van der Waals surface area (Å²) in [5.74, 6) is 1.43. The predicted molar refractivity (Wildman–Crippen MR) is 107 cm³/mol. The molecule has 7 heteroatoms. The van der Waals surface area contributed by atoms with Crippen LogP contribution in [0.25, 0.3) is 5.65 Å². The molecule has 2 aliphatic rings. The number of fused-ring (bicyclic) bond motifs is 2. The zero-order chi connectivity index (χ0) is 19.3. The Morgan fingerprint density at radius 2 is 1.86 bits per heavy atom. The van der Waals surface area contributed by atoms with E-state index in [2.05, 4.69) is 52.7 Å². The molecule has 1 saturated heterocycles. The van der Waals surface area contributed by atoms with Gasteiger partial charge >= 0.3 is 0 Å². The van der Waals surface area contributed by atoms with E-state index < -0.39 is 0 Å². The molecule has 0 atom stereocenters. The van der Waals surface area contributed by atoms with Crippen LogP contribution in [0.1, 0.15) is 68.9 Å². The van der Waals surface area contributed by atoms with Crippen molar-refractivity contribution in [2.24, 2.45) is 0 Å². The third-order valence-electron chi connectivity index (χ3n) is 6.11. The van der Waals surface area contributed by atoms with Crippen LogP contribution in [0.3, 0.4) is 0 Å². The van der Waals surface area contributed by atoms with Crippen molar-refractivity contribution in [3.8, 4) is 0 Å². The molecule has 0 N–H and O–H groups in total. The maximum absolute atomic E-state index is 4.86. The Bertz CT molecular complexity index is 965. The zero-order valence-electron chi connectivity index (χ0n) is 17.1. The van der Waals surface area contributed by atoms with Crippen LogP contribution in [0.15, 0.2) is 18.2 Å². The molecule has 0 aliphatic carbocycles. The molecule has 0 aromatic carbocycles. The van der Waals surface area contributed by atoms with E-state index in [1.165, 1.54) is 24.2 Å². The van der Waals surface area contributed by atoms with Crippen LogP contribution in [-0.2, 0) is 24.9 Å². The van der Waals surface area contributed by atoms with Gasteiger partial charge in [-0.25, -0.2) is 0 Å². The average Bonchev–Trinajstić information content (AvgIpc) is 3.35. The lowest BCUT2D eigenvalue weighted by Crippen LogP contribution is -2.33. The lowest BCUT2D eigenvalue weighted by atomic mass is 9.92. The van der Waals surface area contributed by atoms with Crippen molar-refractivity contribution in [1.82, 2.24) is 34.5 Å². The number of hydrogen-bond donors (Lipinski definition) is 0. The number of aryl methyl sites for hydroxylation is 2. The van der Waals surface area contributed by atoms with Crippen LogP contribution < -0.4 is 0 Å². The molecule has 0 spiro atoms. The van der Waals surface area contributed by atoms with Crippen molar-refractivity contribution in [2.45, 2.75) is 70.9 Å². The van der Waals surface area contributed by atoms with Gasteiger partial charge < -0.3 is 0 Å². The predicted octanol–water partition coefficient (Wildman–Crippen LogP) is 2.94. The maximum Gasteiger partial charge on any atom is 0.177 e. The Morgan fingerprint density at radius 3 is 2.61 bits per heavy atom. The molecule has 0 unspecified atom stereocenters. The van der Waals surface area contributed by atoms with Crippen LogP contribution in [0.5, 0.6) is 0 Å². The molecule has 7 nitrogen and oxygen atoms in total. The highest BCUT2D eigenvalue weighted by Crippen LogP contribution is 2.29. The van der Waals surface area contributed by atoms with Crippen molar-refractivity contribution < 1.29 is 0 Å². The number of likely N-dealkylation sites (tertiary alicyclic amines) is 1. The average molecular weight is 380 g/mol. The fraction of sp³-hybridized carbons (Fsp3) is 0.619. The van der Waals surface area contributed by atoms with Gasteiger partial charge in [-0.1, -0.05) is 20.8 Å². The summed E-state index contributed by atoms with van der Waals surface area (Å²) in [4.78, 5) is 2.52. The van der Waals surface area contributed by atoms with Gasteiger partial charge in [0, 0.05) is 30.1 Å². The number of hydrogen-bond acceptors (Lipinski definition) is 5.